The Bertz CT molecular complexity index is 645. The van der Waals surface area contributed by atoms with Gasteiger partial charge in [-0.05, 0) is 42.8 Å². The van der Waals surface area contributed by atoms with E-state index in [9.17, 15) is 8.60 Å². The maximum absolute atomic E-state index is 13.6. The monoisotopic (exact) mass is 297 g/mol. The lowest BCUT2D eigenvalue weighted by molar-refractivity contribution is 0.615. The fraction of sp³-hybridized carbons (Fsp3) is 0.143. The van der Waals surface area contributed by atoms with Crippen LogP contribution in [0.3, 0.4) is 0 Å². The average molecular weight is 298 g/mol. The van der Waals surface area contributed by atoms with Crippen molar-refractivity contribution < 1.29 is 8.60 Å². The molecule has 0 saturated carbocycles. The van der Waals surface area contributed by atoms with Gasteiger partial charge in [-0.3, -0.25) is 4.21 Å². The van der Waals surface area contributed by atoms with E-state index in [-0.39, 0.29) is 5.75 Å². The lowest BCUT2D eigenvalue weighted by atomic mass is 10.2. The van der Waals surface area contributed by atoms with E-state index in [0.29, 0.717) is 21.2 Å². The third-order valence-electron chi connectivity index (χ3n) is 2.75. The molecule has 2 aromatic carbocycles. The summed E-state index contributed by atoms with van der Waals surface area (Å²) < 4.78 is 25.9. The van der Waals surface area contributed by atoms with E-state index >= 15 is 0 Å². The minimum Gasteiger partial charge on any atom is -0.399 e. The van der Waals surface area contributed by atoms with Crippen molar-refractivity contribution in [2.75, 3.05) is 5.73 Å². The van der Waals surface area contributed by atoms with Gasteiger partial charge in [-0.2, -0.15) is 0 Å². The number of nitrogen functional groups attached to an aromatic ring is 1. The third-order valence-corrected chi connectivity index (χ3v) is 4.49. The van der Waals surface area contributed by atoms with Crippen molar-refractivity contribution in [2.45, 2.75) is 17.6 Å². The molecule has 0 aromatic heterocycles. The second-order valence-electron chi connectivity index (χ2n) is 4.25. The molecule has 0 radical (unpaired) electrons. The van der Waals surface area contributed by atoms with Crippen LogP contribution in [0.1, 0.15) is 11.1 Å². The number of benzene rings is 2. The van der Waals surface area contributed by atoms with Crippen LogP contribution in [0.15, 0.2) is 41.3 Å². The van der Waals surface area contributed by atoms with E-state index in [2.05, 4.69) is 0 Å². The Morgan fingerprint density at radius 2 is 2.00 bits per heavy atom. The van der Waals surface area contributed by atoms with Gasteiger partial charge in [-0.1, -0.05) is 17.7 Å². The van der Waals surface area contributed by atoms with E-state index < -0.39 is 16.6 Å². The van der Waals surface area contributed by atoms with E-state index in [4.69, 9.17) is 17.3 Å². The van der Waals surface area contributed by atoms with Crippen molar-refractivity contribution in [1.29, 1.82) is 0 Å². The van der Waals surface area contributed by atoms with Crippen molar-refractivity contribution in [2.24, 2.45) is 0 Å². The van der Waals surface area contributed by atoms with Gasteiger partial charge in [0.05, 0.1) is 16.6 Å². The van der Waals surface area contributed by atoms with Crippen LogP contribution in [-0.4, -0.2) is 4.21 Å². The Morgan fingerprint density at radius 3 is 2.74 bits per heavy atom. The molecule has 5 heteroatoms. The molecular formula is C14H13ClFNOS. The Labute approximate surface area is 118 Å². The summed E-state index contributed by atoms with van der Waals surface area (Å²) in [5.74, 6) is -0.323. The highest BCUT2D eigenvalue weighted by atomic mass is 35.5. The maximum Gasteiger partial charge on any atom is 0.127 e. The fourth-order valence-corrected chi connectivity index (χ4v) is 3.28. The van der Waals surface area contributed by atoms with Crippen molar-refractivity contribution in [3.05, 3.63) is 58.4 Å². The summed E-state index contributed by atoms with van der Waals surface area (Å²) in [5, 5.41) is 0.428. The number of nitrogens with two attached hydrogens (primary N) is 1. The number of hydrogen-bond donors (Lipinski definition) is 1. The average Bonchev–Trinajstić information content (AvgIpc) is 2.36. The Kier molecular flexibility index (Phi) is 4.22. The first-order valence-corrected chi connectivity index (χ1v) is 7.35. The zero-order valence-corrected chi connectivity index (χ0v) is 11.9. The molecule has 0 fully saturated rings. The number of hydrogen-bond acceptors (Lipinski definition) is 2. The molecule has 2 aromatic rings. The van der Waals surface area contributed by atoms with Crippen LogP contribution in [0.2, 0.25) is 5.02 Å². The molecule has 0 heterocycles. The summed E-state index contributed by atoms with van der Waals surface area (Å²) in [4.78, 5) is 0.624. The summed E-state index contributed by atoms with van der Waals surface area (Å²) in [5.41, 5.74) is 7.44. The predicted molar refractivity (Wildman–Crippen MR) is 77.1 cm³/mol. The molecule has 0 saturated heterocycles. The molecule has 1 atom stereocenters. The Balaban J connectivity index is 2.30. The van der Waals surface area contributed by atoms with E-state index in [0.717, 1.165) is 5.56 Å². The lowest BCUT2D eigenvalue weighted by Gasteiger charge is -2.08. The van der Waals surface area contributed by atoms with Gasteiger partial charge in [-0.25, -0.2) is 4.39 Å². The van der Waals surface area contributed by atoms with Crippen LogP contribution in [0.25, 0.3) is 0 Å². The number of anilines is 1. The minimum atomic E-state index is -1.35. The molecule has 2 N–H and O–H groups in total. The fourth-order valence-electron chi connectivity index (χ4n) is 1.73. The van der Waals surface area contributed by atoms with Crippen molar-refractivity contribution >= 4 is 28.1 Å². The van der Waals surface area contributed by atoms with Gasteiger partial charge in [-0.15, -0.1) is 0 Å². The second-order valence-corrected chi connectivity index (χ2v) is 6.11. The van der Waals surface area contributed by atoms with Crippen molar-refractivity contribution in [1.82, 2.24) is 0 Å². The van der Waals surface area contributed by atoms with E-state index in [1.165, 1.54) is 18.2 Å². The molecule has 0 amide bonds. The first-order chi connectivity index (χ1) is 8.97. The number of halogens is 2. The molecule has 0 aliphatic rings. The SMILES string of the molecule is Cc1ccc(N)cc1S(=O)Cc1cc(Cl)ccc1F. The van der Waals surface area contributed by atoms with Crippen LogP contribution in [0, 0.1) is 12.7 Å². The molecule has 2 rings (SSSR count). The first-order valence-electron chi connectivity index (χ1n) is 5.66. The molecule has 0 aliphatic heterocycles. The number of aryl methyl sites for hydroxylation is 1. The highest BCUT2D eigenvalue weighted by molar-refractivity contribution is 7.84. The van der Waals surface area contributed by atoms with Gasteiger partial charge >= 0.3 is 0 Å². The maximum atomic E-state index is 13.6. The predicted octanol–water partition coefficient (Wildman–Crippen LogP) is 3.68. The number of rotatable bonds is 3. The minimum absolute atomic E-state index is 0.0800. The van der Waals surface area contributed by atoms with Gasteiger partial charge in [0.2, 0.25) is 0 Å². The topological polar surface area (TPSA) is 43.1 Å². The summed E-state index contributed by atoms with van der Waals surface area (Å²) >= 11 is 5.82. The molecule has 1 unspecified atom stereocenters. The van der Waals surface area contributed by atoms with Gasteiger partial charge in [0.15, 0.2) is 0 Å². The smallest absolute Gasteiger partial charge is 0.127 e. The molecule has 0 aliphatic carbocycles. The lowest BCUT2D eigenvalue weighted by Crippen LogP contribution is -2.02. The standard InChI is InChI=1S/C14H13ClFNOS/c1-9-2-4-12(17)7-14(9)19(18)8-10-6-11(15)3-5-13(10)16/h2-7H,8,17H2,1H3. The highest BCUT2D eigenvalue weighted by Gasteiger charge is 2.12. The van der Waals surface area contributed by atoms with Gasteiger partial charge in [0, 0.05) is 21.2 Å². The Morgan fingerprint density at radius 1 is 1.26 bits per heavy atom. The first kappa shape index (κ1) is 14.0. The highest BCUT2D eigenvalue weighted by Crippen LogP contribution is 2.22. The summed E-state index contributed by atoms with van der Waals surface area (Å²) in [6.07, 6.45) is 0. The molecule has 2 nitrogen and oxygen atoms in total. The molecule has 0 bridgehead atoms. The Hall–Kier alpha value is -1.39. The van der Waals surface area contributed by atoms with E-state index in [1.54, 1.807) is 18.2 Å². The largest absolute Gasteiger partial charge is 0.399 e. The van der Waals surface area contributed by atoms with Crippen molar-refractivity contribution in [3.8, 4) is 0 Å². The van der Waals surface area contributed by atoms with E-state index in [1.807, 2.05) is 6.92 Å². The van der Waals surface area contributed by atoms with Gasteiger partial charge in [0.25, 0.3) is 0 Å². The van der Waals surface area contributed by atoms with Gasteiger partial charge < -0.3 is 5.73 Å². The van der Waals surface area contributed by atoms with Crippen LogP contribution in [0.5, 0.6) is 0 Å². The second kappa shape index (κ2) is 5.72. The molecular weight excluding hydrogens is 285 g/mol. The quantitative estimate of drug-likeness (QED) is 0.878. The third kappa shape index (κ3) is 3.33. The summed E-state index contributed by atoms with van der Waals surface area (Å²) in [6, 6.07) is 9.45. The zero-order valence-electron chi connectivity index (χ0n) is 10.3. The molecule has 0 spiro atoms. The zero-order chi connectivity index (χ0) is 14.0. The van der Waals surface area contributed by atoms with Crippen LogP contribution >= 0.6 is 11.6 Å². The summed E-state index contributed by atoms with van der Waals surface area (Å²) in [7, 11) is -1.35. The normalized spacial score (nSPS) is 12.4. The molecule has 19 heavy (non-hydrogen) atoms. The summed E-state index contributed by atoms with van der Waals surface area (Å²) in [6.45, 7) is 1.85. The van der Waals surface area contributed by atoms with Crippen molar-refractivity contribution in [3.63, 3.8) is 0 Å². The molecule has 100 valence electrons. The van der Waals surface area contributed by atoms with Crippen LogP contribution < -0.4 is 5.73 Å². The van der Waals surface area contributed by atoms with Crippen LogP contribution in [0.4, 0.5) is 10.1 Å². The van der Waals surface area contributed by atoms with Gasteiger partial charge in [0.1, 0.15) is 5.82 Å². The van der Waals surface area contributed by atoms with Crippen LogP contribution in [-0.2, 0) is 16.6 Å².